The number of nitrogens with zero attached hydrogens (tertiary/aromatic N) is 11. The van der Waals surface area contributed by atoms with Crippen LogP contribution in [-0.4, -0.2) is 114 Å². The fraction of sp³-hybridized carbons (Fsp3) is 0.298. The van der Waals surface area contributed by atoms with Crippen molar-refractivity contribution in [3.8, 4) is 0 Å². The predicted octanol–water partition coefficient (Wildman–Crippen LogP) is 11.9. The highest BCUT2D eigenvalue weighted by molar-refractivity contribution is 9.10. The topological polar surface area (TPSA) is 108 Å². The van der Waals surface area contributed by atoms with Crippen LogP contribution in [0.25, 0.3) is 28.1 Å². The number of hydrogen-bond donors (Lipinski definition) is 1. The molecule has 2 aliphatic carbocycles. The molecule has 2 unspecified atom stereocenters. The number of fused-ring (bicyclic) bond motifs is 4. The molecule has 6 heterocycles. The van der Waals surface area contributed by atoms with Gasteiger partial charge in [-0.3, -0.25) is 19.8 Å². The molecule has 13 nitrogen and oxygen atoms in total. The van der Waals surface area contributed by atoms with Crippen molar-refractivity contribution in [2.45, 2.75) is 53.9 Å². The SMILES string of the molecule is C.C.Cc1nccn1CC1=Cc2cc(Br)cnc2C(N2CCN(C)CC2)c2ccccc21.[C-]#[N+]c1ccc(NC(=O)N2CCN(C3c4ccccc4C(Cn4ccnc4C)=Cc4cc(Br)cnc43)CC2)cc1. The molecule has 0 saturated carbocycles. The first kappa shape index (κ1) is 51.8. The van der Waals surface area contributed by atoms with Gasteiger partial charge in [0.05, 0.1) is 30.0 Å². The van der Waals surface area contributed by atoms with Crippen LogP contribution >= 0.6 is 31.9 Å². The van der Waals surface area contributed by atoms with Gasteiger partial charge in [-0.2, -0.15) is 0 Å². The molecule has 1 N–H and O–H groups in total. The minimum absolute atomic E-state index is 0. The average Bonchev–Trinajstić information content (AvgIpc) is 3.91. The summed E-state index contributed by atoms with van der Waals surface area (Å²) in [5.74, 6) is 2.00. The van der Waals surface area contributed by atoms with Crippen molar-refractivity contribution < 1.29 is 4.79 Å². The minimum atomic E-state index is -0.126. The quantitative estimate of drug-likeness (QED) is 0.157. The Morgan fingerprint density at radius 1 is 0.653 bits per heavy atom. The van der Waals surface area contributed by atoms with E-state index in [-0.39, 0.29) is 33.0 Å². The van der Waals surface area contributed by atoms with Gasteiger partial charge in [0.1, 0.15) is 11.6 Å². The Morgan fingerprint density at radius 2 is 1.11 bits per heavy atom. The van der Waals surface area contributed by atoms with Crippen LogP contribution in [0.1, 0.15) is 83.4 Å². The van der Waals surface area contributed by atoms with E-state index in [0.717, 1.165) is 83.4 Å². The normalized spacial score (nSPS) is 17.5. The van der Waals surface area contributed by atoms with Gasteiger partial charge in [-0.05, 0) is 134 Å². The number of pyridine rings is 2. The molecule has 4 aliphatic rings. The van der Waals surface area contributed by atoms with Crippen molar-refractivity contribution in [2.75, 3.05) is 64.7 Å². The molecule has 72 heavy (non-hydrogen) atoms. The van der Waals surface area contributed by atoms with Gasteiger partial charge in [-0.1, -0.05) is 75.5 Å². The number of anilines is 1. The maximum Gasteiger partial charge on any atom is 0.321 e. The number of aromatic nitrogens is 6. The van der Waals surface area contributed by atoms with Crippen molar-refractivity contribution in [1.29, 1.82) is 0 Å². The molecule has 2 atom stereocenters. The number of rotatable bonds is 7. The zero-order valence-corrected chi connectivity index (χ0v) is 42.7. The molecule has 2 fully saturated rings. The highest BCUT2D eigenvalue weighted by Gasteiger charge is 2.35. The number of amides is 2. The number of hydrogen-bond acceptors (Lipinski definition) is 8. The standard InChI is InChI=1S/C31H28BrN7O.C24H26BrN5.2CH4/c1-21-34-11-12-39(21)20-23-17-22-18-24(32)19-35-29(22)30(28-6-4-3-5-27(23)28)37-13-15-38(16-14-37)31(40)36-26-9-7-25(33-2)8-10-26;1-17-26-7-8-30(17)16-19-13-18-14-20(25)15-27-23(18)24(22-6-4-3-5-21(19)22)29-11-9-28(2)10-12-29;;/h3-12,17-19,30H,13-16,20H2,1H3,(H,36,40);3-8,13-15,24H,9-12,16H2,1-2H3;2*1H4. The molecular weight excluding hydrogens is 1030 g/mol. The summed E-state index contributed by atoms with van der Waals surface area (Å²) in [6.07, 6.45) is 16.2. The molecule has 4 aromatic heterocycles. The van der Waals surface area contributed by atoms with Crippen LogP contribution in [-0.2, 0) is 13.1 Å². The number of piperazine rings is 2. The van der Waals surface area contributed by atoms with Crippen molar-refractivity contribution >= 4 is 72.6 Å². The van der Waals surface area contributed by atoms with Crippen LogP contribution in [0.4, 0.5) is 16.2 Å². The number of carbonyl (C=O) groups is 1. The number of benzene rings is 3. The van der Waals surface area contributed by atoms with Crippen LogP contribution in [0.3, 0.4) is 0 Å². The predicted molar refractivity (Wildman–Crippen MR) is 298 cm³/mol. The first-order valence-electron chi connectivity index (χ1n) is 23.7. The van der Waals surface area contributed by atoms with Gasteiger partial charge >= 0.3 is 6.03 Å². The Kier molecular flexibility index (Phi) is 16.5. The molecule has 2 amide bonds. The van der Waals surface area contributed by atoms with Gasteiger partial charge in [0.25, 0.3) is 0 Å². The van der Waals surface area contributed by atoms with E-state index in [1.165, 1.54) is 39.0 Å². The van der Waals surface area contributed by atoms with Gasteiger partial charge in [-0.15, -0.1) is 0 Å². The number of halogens is 2. The van der Waals surface area contributed by atoms with Crippen LogP contribution in [0.15, 0.2) is 131 Å². The summed E-state index contributed by atoms with van der Waals surface area (Å²) < 4.78 is 6.33. The summed E-state index contributed by atoms with van der Waals surface area (Å²) in [7, 11) is 2.20. The van der Waals surface area contributed by atoms with E-state index < -0.39 is 0 Å². The van der Waals surface area contributed by atoms with E-state index in [2.05, 4.69) is 169 Å². The van der Waals surface area contributed by atoms with Crippen molar-refractivity contribution in [1.82, 2.24) is 48.7 Å². The monoisotopic (exact) mass is 1090 g/mol. The molecule has 7 aromatic rings. The lowest BCUT2D eigenvalue weighted by Crippen LogP contribution is -2.51. The lowest BCUT2D eigenvalue weighted by atomic mass is 9.93. The third kappa shape index (κ3) is 11.1. The van der Waals surface area contributed by atoms with E-state index >= 15 is 0 Å². The molecular formula is C57H62Br2N12O. The number of allylic oxidation sites excluding steroid dienone is 2. The summed E-state index contributed by atoms with van der Waals surface area (Å²) in [4.78, 5) is 44.4. The van der Waals surface area contributed by atoms with E-state index in [1.807, 2.05) is 42.8 Å². The fourth-order valence-corrected chi connectivity index (χ4v) is 10.8. The lowest BCUT2D eigenvalue weighted by molar-refractivity contribution is 0.125. The smallest absolute Gasteiger partial charge is 0.321 e. The second kappa shape index (κ2) is 22.9. The number of nitrogens with one attached hydrogen (secondary N) is 1. The van der Waals surface area contributed by atoms with Gasteiger partial charge in [0.2, 0.25) is 0 Å². The summed E-state index contributed by atoms with van der Waals surface area (Å²) in [6.45, 7) is 19.6. The summed E-state index contributed by atoms with van der Waals surface area (Å²) >= 11 is 7.27. The molecule has 2 saturated heterocycles. The van der Waals surface area contributed by atoms with E-state index in [4.69, 9.17) is 16.5 Å². The lowest BCUT2D eigenvalue weighted by Gasteiger charge is -2.39. The minimum Gasteiger partial charge on any atom is -0.331 e. The average molecular weight is 1090 g/mol. The van der Waals surface area contributed by atoms with Crippen LogP contribution in [0.5, 0.6) is 0 Å². The molecule has 3 aromatic carbocycles. The van der Waals surface area contributed by atoms with E-state index in [1.54, 1.807) is 24.3 Å². The van der Waals surface area contributed by atoms with Crippen LogP contribution < -0.4 is 5.32 Å². The largest absolute Gasteiger partial charge is 0.331 e. The van der Waals surface area contributed by atoms with Gasteiger partial charge in [-0.25, -0.2) is 19.6 Å². The van der Waals surface area contributed by atoms with Gasteiger partial charge in [0.15, 0.2) is 5.69 Å². The fourth-order valence-electron chi connectivity index (χ4n) is 10.1. The molecule has 2 aliphatic heterocycles. The van der Waals surface area contributed by atoms with E-state index in [0.29, 0.717) is 31.0 Å². The first-order chi connectivity index (χ1) is 34.1. The maximum atomic E-state index is 13.0. The van der Waals surface area contributed by atoms with Crippen molar-refractivity contribution in [2.24, 2.45) is 0 Å². The van der Waals surface area contributed by atoms with Crippen molar-refractivity contribution in [3.63, 3.8) is 0 Å². The highest BCUT2D eigenvalue weighted by atomic mass is 79.9. The number of likely N-dealkylation sites (N-methyl/N-ethyl adjacent to an activating group) is 1. The molecule has 11 rings (SSSR count). The molecule has 15 heteroatoms. The highest BCUT2D eigenvalue weighted by Crippen LogP contribution is 2.42. The van der Waals surface area contributed by atoms with Gasteiger partial charge < -0.3 is 24.3 Å². The van der Waals surface area contributed by atoms with Crippen LogP contribution in [0.2, 0.25) is 0 Å². The number of aryl methyl sites for hydroxylation is 2. The summed E-state index contributed by atoms with van der Waals surface area (Å²) in [6, 6.07) is 28.7. The Morgan fingerprint density at radius 3 is 1.56 bits per heavy atom. The summed E-state index contributed by atoms with van der Waals surface area (Å²) in [5.41, 5.74) is 13.3. The molecule has 370 valence electrons. The molecule has 0 bridgehead atoms. The zero-order chi connectivity index (χ0) is 48.3. The summed E-state index contributed by atoms with van der Waals surface area (Å²) in [5, 5.41) is 2.97. The zero-order valence-electron chi connectivity index (χ0n) is 39.5. The molecule has 0 radical (unpaired) electrons. The number of carbonyl (C=O) groups excluding carboxylic acids is 1. The van der Waals surface area contributed by atoms with Gasteiger partial charge in [0, 0.05) is 117 Å². The second-order valence-corrected chi connectivity index (χ2v) is 20.1. The number of urea groups is 1. The third-order valence-corrected chi connectivity index (χ3v) is 14.7. The molecule has 0 spiro atoms. The third-order valence-electron chi connectivity index (χ3n) is 13.9. The van der Waals surface area contributed by atoms with Crippen molar-refractivity contribution in [3.05, 3.63) is 199 Å². The number of imidazole rings is 2. The second-order valence-electron chi connectivity index (χ2n) is 18.2. The Hall–Kier alpha value is -6.54. The Labute approximate surface area is 441 Å². The Bertz CT molecular complexity index is 3140. The van der Waals surface area contributed by atoms with E-state index in [9.17, 15) is 4.79 Å². The first-order valence-corrected chi connectivity index (χ1v) is 25.2. The Balaban J connectivity index is 0.000000194. The van der Waals surface area contributed by atoms with Crippen LogP contribution in [0, 0.1) is 20.4 Å². The maximum absolute atomic E-state index is 13.0.